The minimum Gasteiger partial charge on any atom is -0.494 e. The molecule has 1 fully saturated rings. The topological polar surface area (TPSA) is 41.6 Å². The van der Waals surface area contributed by atoms with Crippen molar-refractivity contribution in [3.63, 3.8) is 0 Å². The Morgan fingerprint density at radius 3 is 2.91 bits per heavy atom. The third-order valence-electron chi connectivity index (χ3n) is 3.98. The highest BCUT2D eigenvalue weighted by atomic mass is 19.1. The van der Waals surface area contributed by atoms with Crippen molar-refractivity contribution in [1.82, 2.24) is 10.2 Å². The summed E-state index contributed by atoms with van der Waals surface area (Å²) in [6, 6.07) is 5.94. The van der Waals surface area contributed by atoms with Crippen LogP contribution in [0.1, 0.15) is 25.7 Å². The van der Waals surface area contributed by atoms with Crippen LogP contribution in [0.5, 0.6) is 5.75 Å². The molecule has 1 heterocycles. The average Bonchev–Trinajstić information content (AvgIpc) is 2.53. The average molecular weight is 308 g/mol. The second-order valence-corrected chi connectivity index (χ2v) is 5.81. The first kappa shape index (κ1) is 16.7. The third-order valence-corrected chi connectivity index (χ3v) is 3.98. The number of ether oxygens (including phenoxy) is 1. The predicted octanol–water partition coefficient (Wildman–Crippen LogP) is 2.44. The molecule has 0 aliphatic carbocycles. The quantitative estimate of drug-likeness (QED) is 0.787. The first-order valence-corrected chi connectivity index (χ1v) is 8.00. The zero-order chi connectivity index (χ0) is 15.8. The van der Waals surface area contributed by atoms with Crippen LogP contribution < -0.4 is 10.1 Å². The number of amides is 1. The summed E-state index contributed by atoms with van der Waals surface area (Å²) in [4.78, 5) is 14.2. The summed E-state index contributed by atoms with van der Waals surface area (Å²) >= 11 is 0. The normalized spacial score (nSPS) is 18.3. The highest BCUT2D eigenvalue weighted by Gasteiger charge is 2.22. The van der Waals surface area contributed by atoms with Crippen molar-refractivity contribution in [3.8, 4) is 5.75 Å². The maximum absolute atomic E-state index is 12.8. The Morgan fingerprint density at radius 1 is 1.41 bits per heavy atom. The number of nitrogens with one attached hydrogen (secondary N) is 1. The highest BCUT2D eigenvalue weighted by Crippen LogP contribution is 2.17. The fourth-order valence-corrected chi connectivity index (χ4v) is 2.85. The van der Waals surface area contributed by atoms with Crippen LogP contribution in [0.4, 0.5) is 4.39 Å². The fourth-order valence-electron chi connectivity index (χ4n) is 2.85. The molecule has 22 heavy (non-hydrogen) atoms. The van der Waals surface area contributed by atoms with Gasteiger partial charge in [-0.05, 0) is 63.0 Å². The number of nitrogens with zero attached hydrogens (tertiary/aromatic N) is 1. The molecule has 0 bridgehead atoms. The van der Waals surface area contributed by atoms with Gasteiger partial charge in [0.1, 0.15) is 11.6 Å². The van der Waals surface area contributed by atoms with E-state index in [1.54, 1.807) is 12.1 Å². The lowest BCUT2D eigenvalue weighted by Crippen LogP contribution is -2.42. The Labute approximate surface area is 131 Å². The molecule has 1 aliphatic rings. The minimum atomic E-state index is -0.274. The number of likely N-dealkylation sites (tertiary alicyclic amines) is 1. The van der Waals surface area contributed by atoms with Crippen LogP contribution in [0.25, 0.3) is 0 Å². The van der Waals surface area contributed by atoms with Crippen LogP contribution in [0, 0.1) is 11.7 Å². The van der Waals surface area contributed by atoms with Gasteiger partial charge in [0.2, 0.25) is 5.91 Å². The number of piperidine rings is 1. The van der Waals surface area contributed by atoms with E-state index in [0.29, 0.717) is 31.1 Å². The van der Waals surface area contributed by atoms with Crippen molar-refractivity contribution < 1.29 is 13.9 Å². The molecule has 5 heteroatoms. The van der Waals surface area contributed by atoms with Crippen molar-refractivity contribution in [2.75, 3.05) is 33.3 Å². The van der Waals surface area contributed by atoms with E-state index in [4.69, 9.17) is 4.74 Å². The number of hydrogen-bond donors (Lipinski definition) is 1. The second kappa shape index (κ2) is 8.73. The van der Waals surface area contributed by atoms with Gasteiger partial charge >= 0.3 is 0 Å². The molecule has 2 rings (SSSR count). The number of benzene rings is 1. The Bertz CT molecular complexity index is 462. The summed E-state index contributed by atoms with van der Waals surface area (Å²) in [5, 5.41) is 3.19. The first-order chi connectivity index (χ1) is 10.7. The fraction of sp³-hybridized carbons (Fsp3) is 0.588. The van der Waals surface area contributed by atoms with Crippen molar-refractivity contribution in [2.45, 2.75) is 25.7 Å². The van der Waals surface area contributed by atoms with Crippen molar-refractivity contribution in [1.29, 1.82) is 0 Å². The zero-order valence-corrected chi connectivity index (χ0v) is 13.2. The predicted molar refractivity (Wildman–Crippen MR) is 84.4 cm³/mol. The van der Waals surface area contributed by atoms with Gasteiger partial charge in [-0.15, -0.1) is 0 Å². The van der Waals surface area contributed by atoms with E-state index in [-0.39, 0.29) is 11.7 Å². The van der Waals surface area contributed by atoms with Gasteiger partial charge in [0.25, 0.3) is 0 Å². The molecule has 0 radical (unpaired) electrons. The van der Waals surface area contributed by atoms with Crippen LogP contribution in [-0.2, 0) is 4.79 Å². The van der Waals surface area contributed by atoms with Gasteiger partial charge in [-0.3, -0.25) is 4.79 Å². The van der Waals surface area contributed by atoms with E-state index in [1.165, 1.54) is 18.6 Å². The van der Waals surface area contributed by atoms with Crippen LogP contribution in [0.15, 0.2) is 24.3 Å². The van der Waals surface area contributed by atoms with Crippen LogP contribution in [0.3, 0.4) is 0 Å². The Balaban J connectivity index is 1.65. The molecule has 1 unspecified atom stereocenters. The molecule has 1 N–H and O–H groups in total. The van der Waals surface area contributed by atoms with Gasteiger partial charge in [-0.1, -0.05) is 0 Å². The van der Waals surface area contributed by atoms with Gasteiger partial charge in [-0.2, -0.15) is 0 Å². The van der Waals surface area contributed by atoms with E-state index in [2.05, 4.69) is 5.32 Å². The monoisotopic (exact) mass is 308 g/mol. The minimum absolute atomic E-state index is 0.212. The van der Waals surface area contributed by atoms with Crippen molar-refractivity contribution >= 4 is 5.91 Å². The van der Waals surface area contributed by atoms with E-state index in [1.807, 2.05) is 11.9 Å². The van der Waals surface area contributed by atoms with Gasteiger partial charge < -0.3 is 15.0 Å². The summed E-state index contributed by atoms with van der Waals surface area (Å²) in [5.74, 6) is 1.14. The third kappa shape index (κ3) is 5.30. The molecule has 1 aromatic rings. The number of carbonyl (C=O) groups is 1. The lowest BCUT2D eigenvalue weighted by Gasteiger charge is -2.32. The van der Waals surface area contributed by atoms with Gasteiger partial charge in [0.05, 0.1) is 6.61 Å². The summed E-state index contributed by atoms with van der Waals surface area (Å²) in [5.41, 5.74) is 0. The Hall–Kier alpha value is -1.62. The van der Waals surface area contributed by atoms with Crippen LogP contribution in [0.2, 0.25) is 0 Å². The number of hydrogen-bond acceptors (Lipinski definition) is 3. The lowest BCUT2D eigenvalue weighted by molar-refractivity contribution is -0.133. The van der Waals surface area contributed by atoms with Crippen LogP contribution >= 0.6 is 0 Å². The molecule has 0 saturated carbocycles. The summed E-state index contributed by atoms with van der Waals surface area (Å²) in [7, 11) is 1.95. The van der Waals surface area contributed by atoms with E-state index < -0.39 is 0 Å². The van der Waals surface area contributed by atoms with Crippen LogP contribution in [-0.4, -0.2) is 44.1 Å². The molecule has 1 amide bonds. The van der Waals surface area contributed by atoms with Crippen molar-refractivity contribution in [3.05, 3.63) is 30.1 Å². The second-order valence-electron chi connectivity index (χ2n) is 5.81. The molecule has 0 aromatic heterocycles. The van der Waals surface area contributed by atoms with Gasteiger partial charge in [0.15, 0.2) is 0 Å². The molecule has 1 aromatic carbocycles. The summed E-state index contributed by atoms with van der Waals surface area (Å²) in [6.07, 6.45) is 3.47. The lowest BCUT2D eigenvalue weighted by atomic mass is 9.97. The molecule has 1 aliphatic heterocycles. The first-order valence-electron chi connectivity index (χ1n) is 8.00. The van der Waals surface area contributed by atoms with E-state index in [9.17, 15) is 9.18 Å². The molecular formula is C17H25FN2O2. The van der Waals surface area contributed by atoms with Gasteiger partial charge in [0, 0.05) is 19.5 Å². The molecule has 1 atom stereocenters. The smallest absolute Gasteiger partial charge is 0.222 e. The standard InChI is InChI=1S/C17H25FN2O2/c1-19-12-14-4-2-10-20(13-14)17(21)5-3-11-22-16-8-6-15(18)7-9-16/h6-9,14,19H,2-5,10-13H2,1H3. The van der Waals surface area contributed by atoms with E-state index in [0.717, 1.165) is 26.1 Å². The largest absolute Gasteiger partial charge is 0.494 e. The number of rotatable bonds is 7. The molecular weight excluding hydrogens is 283 g/mol. The SMILES string of the molecule is CNCC1CCCN(C(=O)CCCOc2ccc(F)cc2)C1. The van der Waals surface area contributed by atoms with Crippen molar-refractivity contribution in [2.24, 2.45) is 5.92 Å². The number of halogens is 1. The molecule has 122 valence electrons. The molecule has 1 saturated heterocycles. The maximum Gasteiger partial charge on any atom is 0.222 e. The maximum atomic E-state index is 12.8. The zero-order valence-electron chi connectivity index (χ0n) is 13.2. The molecule has 4 nitrogen and oxygen atoms in total. The Kier molecular flexibility index (Phi) is 6.65. The van der Waals surface area contributed by atoms with E-state index >= 15 is 0 Å². The van der Waals surface area contributed by atoms with Gasteiger partial charge in [-0.25, -0.2) is 4.39 Å². The molecule has 0 spiro atoms. The summed E-state index contributed by atoms with van der Waals surface area (Å²) < 4.78 is 18.3. The number of carbonyl (C=O) groups excluding carboxylic acids is 1. The Morgan fingerprint density at radius 2 is 2.18 bits per heavy atom. The highest BCUT2D eigenvalue weighted by molar-refractivity contribution is 5.76. The summed E-state index contributed by atoms with van der Waals surface area (Å²) in [6.45, 7) is 3.18.